The smallest absolute Gasteiger partial charge is 0.207 e. The largest absolute Gasteiger partial charge is 0.218 e. The Morgan fingerprint density at radius 2 is 0.818 bits per heavy atom. The molecule has 0 atom stereocenters. The molecule has 0 spiro atoms. The SMILES string of the molecule is O=S1(=O)c2ccc(C#Cc3ccc(I)cc3)cc2-c2cc(C#Cc3ccc(I)cc3)ccc21. The van der Waals surface area contributed by atoms with Crippen molar-refractivity contribution in [3.8, 4) is 34.8 Å². The molecular weight excluding hydrogens is 654 g/mol. The number of fused-ring (bicyclic) bond motifs is 3. The molecule has 0 bridgehead atoms. The molecule has 0 saturated carbocycles. The predicted molar refractivity (Wildman–Crippen MR) is 148 cm³/mol. The maximum Gasteiger partial charge on any atom is 0.207 e. The Labute approximate surface area is 220 Å². The molecule has 4 aromatic carbocycles. The first-order chi connectivity index (χ1) is 15.9. The summed E-state index contributed by atoms with van der Waals surface area (Å²) < 4.78 is 28.4. The highest BCUT2D eigenvalue weighted by molar-refractivity contribution is 14.1. The molecular formula is C28H14I2O2S. The highest BCUT2D eigenvalue weighted by atomic mass is 127. The maximum absolute atomic E-state index is 13.0. The van der Waals surface area contributed by atoms with E-state index in [1.165, 1.54) is 0 Å². The third-order valence-electron chi connectivity index (χ3n) is 5.22. The van der Waals surface area contributed by atoms with Gasteiger partial charge in [-0.25, -0.2) is 8.42 Å². The number of rotatable bonds is 0. The molecule has 158 valence electrons. The lowest BCUT2D eigenvalue weighted by Crippen LogP contribution is -1.96. The van der Waals surface area contributed by atoms with Crippen LogP contribution in [0.3, 0.4) is 0 Å². The van der Waals surface area contributed by atoms with Gasteiger partial charge in [0.05, 0.1) is 9.79 Å². The molecule has 1 heterocycles. The average molecular weight is 668 g/mol. The van der Waals surface area contributed by atoms with E-state index in [0.29, 0.717) is 20.9 Å². The molecule has 0 N–H and O–H groups in total. The quantitative estimate of drug-likeness (QED) is 0.140. The van der Waals surface area contributed by atoms with E-state index in [4.69, 9.17) is 0 Å². The van der Waals surface area contributed by atoms with Gasteiger partial charge in [0, 0.05) is 40.5 Å². The summed E-state index contributed by atoms with van der Waals surface area (Å²) in [5.41, 5.74) is 4.72. The summed E-state index contributed by atoms with van der Waals surface area (Å²) in [6.45, 7) is 0. The third kappa shape index (κ3) is 4.59. The van der Waals surface area contributed by atoms with Gasteiger partial charge in [0.2, 0.25) is 9.84 Å². The third-order valence-corrected chi connectivity index (χ3v) is 8.53. The van der Waals surface area contributed by atoms with E-state index in [2.05, 4.69) is 68.9 Å². The lowest BCUT2D eigenvalue weighted by molar-refractivity contribution is 0.598. The number of hydrogen-bond acceptors (Lipinski definition) is 2. The maximum atomic E-state index is 13.0. The van der Waals surface area contributed by atoms with Gasteiger partial charge >= 0.3 is 0 Å². The van der Waals surface area contributed by atoms with Crippen LogP contribution in [0.1, 0.15) is 22.3 Å². The van der Waals surface area contributed by atoms with Crippen molar-refractivity contribution in [1.29, 1.82) is 0 Å². The Balaban J connectivity index is 1.54. The fraction of sp³-hybridized carbons (Fsp3) is 0. The second-order valence-electron chi connectivity index (χ2n) is 7.44. The molecule has 1 aliphatic rings. The van der Waals surface area contributed by atoms with E-state index in [0.717, 1.165) is 29.4 Å². The van der Waals surface area contributed by atoms with Crippen molar-refractivity contribution in [1.82, 2.24) is 0 Å². The van der Waals surface area contributed by atoms with Crippen LogP contribution < -0.4 is 0 Å². The lowest BCUT2D eigenvalue weighted by atomic mass is 10.0. The molecule has 0 saturated heterocycles. The summed E-state index contributed by atoms with van der Waals surface area (Å²) in [7, 11) is -3.54. The fourth-order valence-electron chi connectivity index (χ4n) is 3.58. The van der Waals surface area contributed by atoms with Gasteiger partial charge in [0.25, 0.3) is 0 Å². The molecule has 33 heavy (non-hydrogen) atoms. The van der Waals surface area contributed by atoms with Gasteiger partial charge in [-0.05, 0) is 130 Å². The number of benzene rings is 4. The normalized spacial score (nSPS) is 12.5. The molecule has 0 radical (unpaired) electrons. The van der Waals surface area contributed by atoms with Gasteiger partial charge in [0.15, 0.2) is 0 Å². The molecule has 0 fully saturated rings. The minimum atomic E-state index is -3.54. The molecule has 0 aromatic heterocycles. The van der Waals surface area contributed by atoms with Crippen LogP contribution in [0.2, 0.25) is 0 Å². The van der Waals surface area contributed by atoms with E-state index in [1.807, 2.05) is 60.7 Å². The van der Waals surface area contributed by atoms with Gasteiger partial charge in [-0.3, -0.25) is 0 Å². The summed E-state index contributed by atoms with van der Waals surface area (Å²) in [5.74, 6) is 12.6. The average Bonchev–Trinajstić information content (AvgIpc) is 3.04. The zero-order valence-electron chi connectivity index (χ0n) is 17.1. The highest BCUT2D eigenvalue weighted by Gasteiger charge is 2.32. The Morgan fingerprint density at radius 3 is 1.21 bits per heavy atom. The molecule has 1 aliphatic heterocycles. The standard InChI is InChI=1S/C28H14I2O2S/c29-23-11-5-19(6-12-23)1-3-21-9-15-27-25(17-21)26-18-22(10-16-28(26)33(27,31)32)4-2-20-7-13-24(30)14-8-20/h5-18H. The van der Waals surface area contributed by atoms with Gasteiger partial charge in [-0.1, -0.05) is 23.7 Å². The molecule has 0 aliphatic carbocycles. The van der Waals surface area contributed by atoms with Crippen molar-refractivity contribution in [2.24, 2.45) is 0 Å². The molecule has 5 heteroatoms. The van der Waals surface area contributed by atoms with Crippen molar-refractivity contribution in [3.63, 3.8) is 0 Å². The molecule has 0 amide bonds. The topological polar surface area (TPSA) is 34.1 Å². The van der Waals surface area contributed by atoms with Crippen LogP contribution in [0.25, 0.3) is 11.1 Å². The monoisotopic (exact) mass is 668 g/mol. The van der Waals surface area contributed by atoms with E-state index < -0.39 is 9.84 Å². The van der Waals surface area contributed by atoms with Crippen LogP contribution in [0.4, 0.5) is 0 Å². The fourth-order valence-corrected chi connectivity index (χ4v) is 5.95. The zero-order valence-corrected chi connectivity index (χ0v) is 22.2. The van der Waals surface area contributed by atoms with Gasteiger partial charge in [-0.2, -0.15) is 0 Å². The number of hydrogen-bond donors (Lipinski definition) is 0. The Bertz CT molecular complexity index is 1510. The first kappa shape index (κ1) is 22.2. The summed E-state index contributed by atoms with van der Waals surface area (Å²) >= 11 is 4.52. The molecule has 2 nitrogen and oxygen atoms in total. The van der Waals surface area contributed by atoms with Crippen molar-refractivity contribution in [2.75, 3.05) is 0 Å². The van der Waals surface area contributed by atoms with Crippen molar-refractivity contribution < 1.29 is 8.42 Å². The van der Waals surface area contributed by atoms with E-state index in [1.54, 1.807) is 24.3 Å². The predicted octanol–water partition coefficient (Wildman–Crippen LogP) is 6.51. The van der Waals surface area contributed by atoms with Crippen LogP contribution in [0.5, 0.6) is 0 Å². The first-order valence-corrected chi connectivity index (χ1v) is 13.6. The summed E-state index contributed by atoms with van der Waals surface area (Å²) in [6.07, 6.45) is 0. The lowest BCUT2D eigenvalue weighted by Gasteiger charge is -2.01. The summed E-state index contributed by atoms with van der Waals surface area (Å²) in [5, 5.41) is 0. The van der Waals surface area contributed by atoms with Crippen molar-refractivity contribution in [3.05, 3.63) is 114 Å². The Morgan fingerprint density at radius 1 is 0.485 bits per heavy atom. The molecule has 4 aromatic rings. The van der Waals surface area contributed by atoms with Crippen LogP contribution >= 0.6 is 45.2 Å². The Kier molecular flexibility index (Phi) is 6.05. The highest BCUT2D eigenvalue weighted by Crippen LogP contribution is 2.43. The summed E-state index contributed by atoms with van der Waals surface area (Å²) in [4.78, 5) is 0.639. The van der Waals surface area contributed by atoms with Crippen molar-refractivity contribution in [2.45, 2.75) is 9.79 Å². The van der Waals surface area contributed by atoms with E-state index >= 15 is 0 Å². The number of sulfone groups is 1. The van der Waals surface area contributed by atoms with E-state index in [-0.39, 0.29) is 0 Å². The van der Waals surface area contributed by atoms with Crippen molar-refractivity contribution >= 4 is 55.0 Å². The van der Waals surface area contributed by atoms with Gasteiger partial charge < -0.3 is 0 Å². The van der Waals surface area contributed by atoms with E-state index in [9.17, 15) is 8.42 Å². The van der Waals surface area contributed by atoms with Crippen LogP contribution in [-0.4, -0.2) is 8.42 Å². The minimum Gasteiger partial charge on any atom is -0.218 e. The van der Waals surface area contributed by atoms with Gasteiger partial charge in [-0.15, -0.1) is 0 Å². The van der Waals surface area contributed by atoms with Crippen LogP contribution in [-0.2, 0) is 9.84 Å². The Hall–Kier alpha value is -2.59. The zero-order chi connectivity index (χ0) is 23.0. The van der Waals surface area contributed by atoms with Gasteiger partial charge in [0.1, 0.15) is 0 Å². The second-order valence-corrected chi connectivity index (χ2v) is 11.8. The second kappa shape index (κ2) is 8.98. The van der Waals surface area contributed by atoms with Crippen LogP contribution in [0, 0.1) is 30.8 Å². The number of halogens is 2. The molecule has 0 unspecified atom stereocenters. The van der Waals surface area contributed by atoms with Crippen LogP contribution in [0.15, 0.2) is 94.7 Å². The first-order valence-electron chi connectivity index (χ1n) is 9.99. The summed E-state index contributed by atoms with van der Waals surface area (Å²) in [6, 6.07) is 26.5. The molecule has 5 rings (SSSR count). The minimum absolute atomic E-state index is 0.319.